The van der Waals surface area contributed by atoms with Crippen LogP contribution < -0.4 is 5.32 Å². The number of piperazine rings is 1. The first-order valence-corrected chi connectivity index (χ1v) is 7.93. The summed E-state index contributed by atoms with van der Waals surface area (Å²) < 4.78 is 0. The normalized spacial score (nSPS) is 23.9. The Morgan fingerprint density at radius 3 is 2.25 bits per heavy atom. The summed E-state index contributed by atoms with van der Waals surface area (Å²) in [5.41, 5.74) is -0.243. The van der Waals surface area contributed by atoms with Crippen molar-refractivity contribution >= 4 is 11.8 Å². The number of unbranched alkanes of at least 4 members (excludes halogenated alkanes) is 2. The molecule has 1 aliphatic heterocycles. The molecule has 1 rings (SSSR count). The molecule has 4 nitrogen and oxygen atoms in total. The number of carbonyl (C=O) groups excluding carboxylic acids is 2. The average Bonchev–Trinajstić information content (AvgIpc) is 2.35. The smallest absolute Gasteiger partial charge is 0.246 e. The van der Waals surface area contributed by atoms with Gasteiger partial charge >= 0.3 is 0 Å². The Hall–Kier alpha value is -1.06. The van der Waals surface area contributed by atoms with Gasteiger partial charge in [-0.3, -0.25) is 9.59 Å². The number of hydrogen-bond donors (Lipinski definition) is 1. The molecule has 0 bridgehead atoms. The fourth-order valence-electron chi connectivity index (χ4n) is 2.71. The van der Waals surface area contributed by atoms with E-state index in [1.807, 2.05) is 25.7 Å². The Balaban J connectivity index is 2.89. The number of amides is 2. The van der Waals surface area contributed by atoms with E-state index in [0.717, 1.165) is 32.1 Å². The molecule has 0 aromatic rings. The van der Waals surface area contributed by atoms with Crippen molar-refractivity contribution in [2.45, 2.75) is 78.8 Å². The maximum absolute atomic E-state index is 12.7. The van der Waals surface area contributed by atoms with Gasteiger partial charge < -0.3 is 10.2 Å². The third kappa shape index (κ3) is 3.97. The maximum Gasteiger partial charge on any atom is 0.246 e. The summed E-state index contributed by atoms with van der Waals surface area (Å²) in [5.74, 6) is 0.106. The summed E-state index contributed by atoms with van der Waals surface area (Å²) in [6.07, 6.45) is 4.86. The second-order valence-electron chi connectivity index (χ2n) is 6.85. The second-order valence-corrected chi connectivity index (χ2v) is 6.85. The molecule has 1 aliphatic rings. The molecule has 2 unspecified atom stereocenters. The molecule has 0 spiro atoms. The number of carbonyl (C=O) groups is 2. The molecule has 0 radical (unpaired) electrons. The summed E-state index contributed by atoms with van der Waals surface area (Å²) in [6.45, 7) is 10.9. The summed E-state index contributed by atoms with van der Waals surface area (Å²) in [6, 6.07) is -0.673. The summed E-state index contributed by atoms with van der Waals surface area (Å²) >= 11 is 0. The van der Waals surface area contributed by atoms with Gasteiger partial charge in [-0.05, 0) is 18.3 Å². The van der Waals surface area contributed by atoms with Crippen LogP contribution in [0.15, 0.2) is 0 Å². The maximum atomic E-state index is 12.7. The lowest BCUT2D eigenvalue weighted by molar-refractivity contribution is -0.152. The molecular formula is C16H30N2O2. The third-order valence-electron chi connectivity index (χ3n) is 3.93. The second kappa shape index (κ2) is 7.09. The van der Waals surface area contributed by atoms with E-state index in [1.54, 1.807) is 0 Å². The predicted molar refractivity (Wildman–Crippen MR) is 81.3 cm³/mol. The van der Waals surface area contributed by atoms with Gasteiger partial charge in [-0.1, -0.05) is 53.9 Å². The molecule has 0 aromatic carbocycles. The molecule has 0 aliphatic carbocycles. The zero-order valence-corrected chi connectivity index (χ0v) is 13.7. The van der Waals surface area contributed by atoms with Crippen LogP contribution in [0, 0.1) is 5.41 Å². The van der Waals surface area contributed by atoms with Crippen LogP contribution in [0.5, 0.6) is 0 Å². The lowest BCUT2D eigenvalue weighted by Crippen LogP contribution is -2.66. The fraction of sp³-hybridized carbons (Fsp3) is 0.875. The van der Waals surface area contributed by atoms with Crippen LogP contribution in [-0.4, -0.2) is 35.3 Å². The molecule has 1 N–H and O–H groups in total. The topological polar surface area (TPSA) is 49.4 Å². The van der Waals surface area contributed by atoms with E-state index in [1.165, 1.54) is 0 Å². The van der Waals surface area contributed by atoms with Crippen molar-refractivity contribution in [1.29, 1.82) is 0 Å². The number of nitrogens with zero attached hydrogens (tertiary/aromatic N) is 1. The minimum Gasteiger partial charge on any atom is -0.342 e. The molecule has 2 amide bonds. The molecule has 4 heteroatoms. The standard InChI is InChI=1S/C16H30N2O2/c1-6-8-9-11-18-12(10-7-2)14(19)17-13(15(18)20)16(3,4)5/h12-13H,6-11H2,1-5H3,(H,17,19). The Kier molecular flexibility index (Phi) is 6.03. The molecule has 116 valence electrons. The van der Waals surface area contributed by atoms with E-state index in [0.29, 0.717) is 6.54 Å². The van der Waals surface area contributed by atoms with E-state index in [2.05, 4.69) is 19.2 Å². The minimum absolute atomic E-state index is 0.0165. The van der Waals surface area contributed by atoms with Gasteiger partial charge in [0, 0.05) is 6.54 Å². The van der Waals surface area contributed by atoms with Gasteiger partial charge in [0.1, 0.15) is 12.1 Å². The van der Waals surface area contributed by atoms with Crippen molar-refractivity contribution in [3.8, 4) is 0 Å². The highest BCUT2D eigenvalue weighted by molar-refractivity contribution is 5.97. The van der Waals surface area contributed by atoms with Crippen molar-refractivity contribution < 1.29 is 9.59 Å². The van der Waals surface area contributed by atoms with Gasteiger partial charge in [0.15, 0.2) is 0 Å². The molecule has 0 aromatic heterocycles. The van der Waals surface area contributed by atoms with E-state index >= 15 is 0 Å². The van der Waals surface area contributed by atoms with Crippen LogP contribution in [0.3, 0.4) is 0 Å². The van der Waals surface area contributed by atoms with E-state index in [9.17, 15) is 9.59 Å². The zero-order valence-electron chi connectivity index (χ0n) is 13.7. The number of rotatable bonds is 6. The monoisotopic (exact) mass is 282 g/mol. The fourth-order valence-corrected chi connectivity index (χ4v) is 2.71. The van der Waals surface area contributed by atoms with Crippen molar-refractivity contribution in [3.63, 3.8) is 0 Å². The van der Waals surface area contributed by atoms with Gasteiger partial charge in [0.05, 0.1) is 0 Å². The van der Waals surface area contributed by atoms with Crippen LogP contribution >= 0.6 is 0 Å². The first-order valence-electron chi connectivity index (χ1n) is 7.93. The predicted octanol–water partition coefficient (Wildman–Crippen LogP) is 2.72. The number of nitrogens with one attached hydrogen (secondary N) is 1. The van der Waals surface area contributed by atoms with E-state index in [-0.39, 0.29) is 23.3 Å². The highest BCUT2D eigenvalue weighted by Gasteiger charge is 2.44. The first-order chi connectivity index (χ1) is 9.32. The highest BCUT2D eigenvalue weighted by atomic mass is 16.2. The summed E-state index contributed by atoms with van der Waals surface area (Å²) in [5, 5.41) is 2.93. The van der Waals surface area contributed by atoms with Crippen LogP contribution in [0.25, 0.3) is 0 Å². The highest BCUT2D eigenvalue weighted by Crippen LogP contribution is 2.26. The van der Waals surface area contributed by atoms with E-state index in [4.69, 9.17) is 0 Å². The van der Waals surface area contributed by atoms with Gasteiger partial charge in [0.2, 0.25) is 11.8 Å². The SMILES string of the molecule is CCCCCN1C(=O)C(C(C)(C)C)NC(=O)C1CCC. The lowest BCUT2D eigenvalue weighted by Gasteiger charge is -2.43. The van der Waals surface area contributed by atoms with E-state index < -0.39 is 6.04 Å². The van der Waals surface area contributed by atoms with Crippen molar-refractivity contribution in [2.24, 2.45) is 5.41 Å². The Bertz CT molecular complexity index is 347. The Labute approximate surface area is 123 Å². The van der Waals surface area contributed by atoms with Gasteiger partial charge in [-0.2, -0.15) is 0 Å². The quantitative estimate of drug-likeness (QED) is 0.762. The minimum atomic E-state index is -0.398. The van der Waals surface area contributed by atoms with Crippen LogP contribution in [0.4, 0.5) is 0 Å². The lowest BCUT2D eigenvalue weighted by atomic mass is 9.83. The molecular weight excluding hydrogens is 252 g/mol. The first kappa shape index (κ1) is 17.0. The molecule has 1 fully saturated rings. The molecule has 1 saturated heterocycles. The van der Waals surface area contributed by atoms with Crippen LogP contribution in [0.1, 0.15) is 66.7 Å². The van der Waals surface area contributed by atoms with Crippen LogP contribution in [0.2, 0.25) is 0 Å². The third-order valence-corrected chi connectivity index (χ3v) is 3.93. The number of hydrogen-bond acceptors (Lipinski definition) is 2. The van der Waals surface area contributed by atoms with Crippen molar-refractivity contribution in [2.75, 3.05) is 6.54 Å². The van der Waals surface area contributed by atoms with Gasteiger partial charge in [-0.25, -0.2) is 0 Å². The summed E-state index contributed by atoms with van der Waals surface area (Å²) in [7, 11) is 0. The largest absolute Gasteiger partial charge is 0.342 e. The van der Waals surface area contributed by atoms with Crippen molar-refractivity contribution in [3.05, 3.63) is 0 Å². The molecule has 0 saturated carbocycles. The van der Waals surface area contributed by atoms with Crippen LogP contribution in [-0.2, 0) is 9.59 Å². The van der Waals surface area contributed by atoms with Gasteiger partial charge in [0.25, 0.3) is 0 Å². The molecule has 20 heavy (non-hydrogen) atoms. The Morgan fingerprint density at radius 2 is 1.75 bits per heavy atom. The Morgan fingerprint density at radius 1 is 1.10 bits per heavy atom. The zero-order chi connectivity index (χ0) is 15.3. The van der Waals surface area contributed by atoms with Gasteiger partial charge in [-0.15, -0.1) is 0 Å². The van der Waals surface area contributed by atoms with Crippen molar-refractivity contribution in [1.82, 2.24) is 10.2 Å². The molecule has 1 heterocycles. The summed E-state index contributed by atoms with van der Waals surface area (Å²) in [4.78, 5) is 26.9. The average molecular weight is 282 g/mol. The molecule has 2 atom stereocenters.